The van der Waals surface area contributed by atoms with E-state index in [1.54, 1.807) is 12.9 Å². The molecule has 0 aliphatic rings. The summed E-state index contributed by atoms with van der Waals surface area (Å²) in [5, 5.41) is 18.9. The van der Waals surface area contributed by atoms with Crippen molar-refractivity contribution in [3.8, 4) is 22.5 Å². The van der Waals surface area contributed by atoms with Crippen molar-refractivity contribution in [1.29, 1.82) is 0 Å². The molecule has 2 rings (SSSR count). The first kappa shape index (κ1) is 8.82. The monoisotopic (exact) mass is 184 g/mol. The Bertz CT molecular complexity index is 440. The van der Waals surface area contributed by atoms with Gasteiger partial charge in [0.15, 0.2) is 0 Å². The molecule has 0 spiro atoms. The van der Waals surface area contributed by atoms with Crippen LogP contribution in [-0.4, -0.2) is 17.1 Å². The molecular weight excluding hydrogens is 175 g/mol. The summed E-state index contributed by atoms with van der Waals surface area (Å²) in [5.41, 5.74) is 1.53. The van der Waals surface area contributed by atoms with E-state index in [4.69, 9.17) is 0 Å². The van der Waals surface area contributed by atoms with Crippen molar-refractivity contribution in [2.75, 3.05) is 0 Å². The van der Waals surface area contributed by atoms with Gasteiger partial charge in [0, 0.05) is 0 Å². The molecule has 2 nitrogen and oxygen atoms in total. The summed E-state index contributed by atoms with van der Waals surface area (Å²) in [5.74, 6) is 1.54. The van der Waals surface area contributed by atoms with Crippen molar-refractivity contribution >= 4 is 6.91 Å². The molecular formula is C11H9BO2. The summed E-state index contributed by atoms with van der Waals surface area (Å²) in [7, 11) is 0. The van der Waals surface area contributed by atoms with Crippen molar-refractivity contribution < 1.29 is 10.2 Å². The molecule has 0 fully saturated rings. The molecule has 0 saturated carbocycles. The number of benzene rings is 1. The summed E-state index contributed by atoms with van der Waals surface area (Å²) in [6, 6.07) is 10.9. The van der Waals surface area contributed by atoms with Gasteiger partial charge in [-0.15, -0.1) is 0 Å². The third-order valence-electron chi connectivity index (χ3n) is 2.10. The maximum atomic E-state index is 9.60. The topological polar surface area (TPSA) is 40.5 Å². The van der Waals surface area contributed by atoms with Crippen LogP contribution in [0.1, 0.15) is 0 Å². The molecule has 1 aromatic heterocycles. The second-order valence-corrected chi connectivity index (χ2v) is 3.04. The maximum absolute atomic E-state index is 9.60. The van der Waals surface area contributed by atoms with E-state index in [2.05, 4.69) is 0 Å². The molecule has 14 heavy (non-hydrogen) atoms. The average Bonchev–Trinajstić information content (AvgIpc) is 2.23. The fourth-order valence-corrected chi connectivity index (χ4v) is 1.38. The molecule has 0 saturated heterocycles. The van der Waals surface area contributed by atoms with E-state index < -0.39 is 0 Å². The molecule has 0 aliphatic carbocycles. The van der Waals surface area contributed by atoms with E-state index in [0.29, 0.717) is 5.46 Å². The molecule has 0 amide bonds. The van der Waals surface area contributed by atoms with Gasteiger partial charge in [0.1, 0.15) is 0 Å². The second kappa shape index (κ2) is 3.54. The molecule has 0 radical (unpaired) electrons. The van der Waals surface area contributed by atoms with Gasteiger partial charge < -0.3 is 0 Å². The Hall–Kier alpha value is -1.77. The van der Waals surface area contributed by atoms with E-state index >= 15 is 0 Å². The van der Waals surface area contributed by atoms with Gasteiger partial charge in [-0.2, -0.15) is 0 Å². The van der Waals surface area contributed by atoms with Gasteiger partial charge in [0.2, 0.25) is 0 Å². The SMILES string of the molecule is Oc1ccbc(-c2ccccc2)c1O. The summed E-state index contributed by atoms with van der Waals surface area (Å²) in [4.78, 5) is 0. The molecule has 0 aliphatic heterocycles. The average molecular weight is 184 g/mol. The molecule has 68 valence electrons. The summed E-state index contributed by atoms with van der Waals surface area (Å²) >= 11 is 0. The van der Waals surface area contributed by atoms with Crippen LogP contribution in [0, 0.1) is 0 Å². The Labute approximate surface area is 82.7 Å². The molecule has 0 atom stereocenters. The summed E-state index contributed by atoms with van der Waals surface area (Å²) < 4.78 is 0. The van der Waals surface area contributed by atoms with Crippen LogP contribution in [-0.2, 0) is 0 Å². The predicted octanol–water partition coefficient (Wildman–Crippen LogP) is 2.10. The van der Waals surface area contributed by atoms with Crippen molar-refractivity contribution in [2.24, 2.45) is 0 Å². The van der Waals surface area contributed by atoms with E-state index in [-0.39, 0.29) is 11.5 Å². The molecule has 1 heterocycles. The molecule has 2 aromatic rings. The first-order valence-corrected chi connectivity index (χ1v) is 4.35. The van der Waals surface area contributed by atoms with Crippen molar-refractivity contribution in [1.82, 2.24) is 0 Å². The number of aromatic hydroxyl groups is 2. The molecule has 0 bridgehead atoms. The fourth-order valence-electron chi connectivity index (χ4n) is 1.38. The normalized spacial score (nSPS) is 9.71. The zero-order valence-corrected chi connectivity index (χ0v) is 7.51. The van der Waals surface area contributed by atoms with Crippen LogP contribution >= 0.6 is 0 Å². The third-order valence-corrected chi connectivity index (χ3v) is 2.10. The van der Waals surface area contributed by atoms with Crippen LogP contribution in [0.2, 0.25) is 0 Å². The van der Waals surface area contributed by atoms with Crippen LogP contribution < -0.4 is 0 Å². The van der Waals surface area contributed by atoms with Crippen LogP contribution in [0.4, 0.5) is 0 Å². The van der Waals surface area contributed by atoms with Gasteiger partial charge in [-0.3, -0.25) is 0 Å². The predicted molar refractivity (Wildman–Crippen MR) is 56.6 cm³/mol. The van der Waals surface area contributed by atoms with Crippen LogP contribution in [0.15, 0.2) is 42.4 Å². The Balaban J connectivity index is 2.58. The quantitative estimate of drug-likeness (QED) is 0.712. The summed E-state index contributed by atoms with van der Waals surface area (Å²) in [6.07, 6.45) is 0. The Morgan fingerprint density at radius 1 is 0.929 bits per heavy atom. The van der Waals surface area contributed by atoms with Gasteiger partial charge in [0.05, 0.1) is 0 Å². The van der Waals surface area contributed by atoms with Crippen molar-refractivity contribution in [3.05, 3.63) is 42.4 Å². The van der Waals surface area contributed by atoms with Gasteiger partial charge in [0.25, 0.3) is 0 Å². The number of hydrogen-bond acceptors (Lipinski definition) is 2. The molecule has 2 N–H and O–H groups in total. The summed E-state index contributed by atoms with van der Waals surface area (Å²) in [6.45, 7) is 1.77. The van der Waals surface area contributed by atoms with E-state index in [1.165, 1.54) is 6.07 Å². The Kier molecular flexibility index (Phi) is 2.23. The zero-order chi connectivity index (χ0) is 9.97. The molecule has 3 heteroatoms. The van der Waals surface area contributed by atoms with Gasteiger partial charge in [-0.25, -0.2) is 0 Å². The third kappa shape index (κ3) is 1.49. The fraction of sp³-hybridized carbons (Fsp3) is 0. The standard InChI is InChI=1S/C11H9BO2/c13-9-6-7-12-10(11(9)14)8-4-2-1-3-5-8/h1-7,13-14H. The van der Waals surface area contributed by atoms with Gasteiger partial charge >= 0.3 is 82.0 Å². The molecule has 0 unspecified atom stereocenters. The first-order valence-electron chi connectivity index (χ1n) is 4.35. The van der Waals surface area contributed by atoms with Gasteiger partial charge in [-0.05, 0) is 0 Å². The van der Waals surface area contributed by atoms with E-state index in [1.807, 2.05) is 30.3 Å². The minimum absolute atomic E-state index is 0.0706. The minimum atomic E-state index is -0.0913. The molecule has 1 aromatic carbocycles. The Morgan fingerprint density at radius 2 is 1.64 bits per heavy atom. The number of hydrogen-bond donors (Lipinski definition) is 2. The van der Waals surface area contributed by atoms with Crippen LogP contribution in [0.25, 0.3) is 11.0 Å². The second-order valence-electron chi connectivity index (χ2n) is 3.04. The van der Waals surface area contributed by atoms with Crippen LogP contribution in [0.5, 0.6) is 11.5 Å². The van der Waals surface area contributed by atoms with Gasteiger partial charge in [-0.1, -0.05) is 0 Å². The zero-order valence-electron chi connectivity index (χ0n) is 7.51. The van der Waals surface area contributed by atoms with Crippen molar-refractivity contribution in [3.63, 3.8) is 0 Å². The van der Waals surface area contributed by atoms with E-state index in [9.17, 15) is 10.2 Å². The Morgan fingerprint density at radius 3 is 2.36 bits per heavy atom. The van der Waals surface area contributed by atoms with Crippen molar-refractivity contribution in [2.45, 2.75) is 0 Å². The number of rotatable bonds is 1. The first-order chi connectivity index (χ1) is 6.79. The van der Waals surface area contributed by atoms with Crippen LogP contribution in [0.3, 0.4) is 0 Å². The van der Waals surface area contributed by atoms with E-state index in [0.717, 1.165) is 5.56 Å².